The fourth-order valence-corrected chi connectivity index (χ4v) is 2.05. The minimum Gasteiger partial charge on any atom is -0.398 e. The molecule has 0 atom stereocenters. The zero-order valence-electron chi connectivity index (χ0n) is 10.8. The van der Waals surface area contributed by atoms with E-state index in [-0.39, 0.29) is 0 Å². The highest BCUT2D eigenvalue weighted by Gasteiger charge is 2.12. The molecule has 0 radical (unpaired) electrons. The molecule has 0 spiro atoms. The highest BCUT2D eigenvalue weighted by molar-refractivity contribution is 5.49. The first-order valence-corrected chi connectivity index (χ1v) is 5.82. The molecular weight excluding hydrogens is 212 g/mol. The summed E-state index contributed by atoms with van der Waals surface area (Å²) in [6.07, 6.45) is 2.77. The fourth-order valence-electron chi connectivity index (χ4n) is 2.05. The van der Waals surface area contributed by atoms with Gasteiger partial charge in [0.15, 0.2) is 5.82 Å². The number of hydrogen-bond acceptors (Lipinski definition) is 3. The van der Waals surface area contributed by atoms with E-state index in [9.17, 15) is 0 Å². The molecule has 0 aromatic carbocycles. The van der Waals surface area contributed by atoms with Crippen LogP contribution >= 0.6 is 0 Å². The SMILES string of the molecule is CCc1c(C)nn(-c2cc(N)c(C)cn2)c1C. The average molecular weight is 230 g/mol. The predicted molar refractivity (Wildman–Crippen MR) is 69.4 cm³/mol. The van der Waals surface area contributed by atoms with E-state index in [4.69, 9.17) is 5.73 Å². The van der Waals surface area contributed by atoms with Gasteiger partial charge in [0.05, 0.1) is 5.69 Å². The summed E-state index contributed by atoms with van der Waals surface area (Å²) in [5.74, 6) is 0.786. The molecule has 2 N–H and O–H groups in total. The number of nitrogens with two attached hydrogens (primary N) is 1. The van der Waals surface area contributed by atoms with Crippen LogP contribution in [0.2, 0.25) is 0 Å². The second kappa shape index (κ2) is 4.20. The van der Waals surface area contributed by atoms with Crippen molar-refractivity contribution in [3.8, 4) is 5.82 Å². The van der Waals surface area contributed by atoms with Crippen LogP contribution in [0.25, 0.3) is 5.82 Å². The molecule has 0 unspecified atom stereocenters. The predicted octanol–water partition coefficient (Wildman–Crippen LogP) is 2.34. The lowest BCUT2D eigenvalue weighted by Gasteiger charge is -2.06. The summed E-state index contributed by atoms with van der Waals surface area (Å²) in [5.41, 5.74) is 11.1. The van der Waals surface area contributed by atoms with Crippen molar-refractivity contribution in [2.45, 2.75) is 34.1 Å². The molecule has 0 amide bonds. The standard InChI is InChI=1S/C13H18N4/c1-5-11-9(3)16-17(10(11)4)13-6-12(14)8(2)7-15-13/h6-7H,5H2,1-4H3,(H2,14,15). The minimum absolute atomic E-state index is 0.751. The summed E-state index contributed by atoms with van der Waals surface area (Å²) in [6.45, 7) is 8.18. The summed E-state index contributed by atoms with van der Waals surface area (Å²) in [7, 11) is 0. The Labute approximate surface area is 101 Å². The quantitative estimate of drug-likeness (QED) is 0.861. The molecule has 2 aromatic heterocycles. The van der Waals surface area contributed by atoms with Crippen LogP contribution in [0.4, 0.5) is 5.69 Å². The van der Waals surface area contributed by atoms with Gasteiger partial charge in [-0.3, -0.25) is 0 Å². The number of nitrogen functional groups attached to an aromatic ring is 1. The van der Waals surface area contributed by atoms with Crippen molar-refractivity contribution in [1.82, 2.24) is 14.8 Å². The number of aryl methyl sites for hydroxylation is 2. The molecule has 2 heterocycles. The van der Waals surface area contributed by atoms with Gasteiger partial charge in [0.2, 0.25) is 0 Å². The Hall–Kier alpha value is -1.84. The Balaban J connectivity index is 2.57. The first-order valence-electron chi connectivity index (χ1n) is 5.82. The number of hydrogen-bond donors (Lipinski definition) is 1. The molecule has 4 heteroatoms. The Morgan fingerprint density at radius 1 is 1.29 bits per heavy atom. The molecule has 0 fully saturated rings. The van der Waals surface area contributed by atoms with E-state index in [2.05, 4.69) is 23.9 Å². The van der Waals surface area contributed by atoms with Crippen molar-refractivity contribution in [2.24, 2.45) is 0 Å². The maximum Gasteiger partial charge on any atom is 0.155 e. The van der Waals surface area contributed by atoms with Gasteiger partial charge in [-0.2, -0.15) is 5.10 Å². The van der Waals surface area contributed by atoms with Crippen molar-refractivity contribution in [1.29, 1.82) is 0 Å². The van der Waals surface area contributed by atoms with Crippen LogP contribution in [0.5, 0.6) is 0 Å². The highest BCUT2D eigenvalue weighted by atomic mass is 15.3. The maximum atomic E-state index is 5.90. The van der Waals surface area contributed by atoms with Crippen LogP contribution in [-0.2, 0) is 6.42 Å². The first-order chi connectivity index (χ1) is 8.04. The normalized spacial score (nSPS) is 10.8. The van der Waals surface area contributed by atoms with Gasteiger partial charge in [-0.25, -0.2) is 9.67 Å². The van der Waals surface area contributed by atoms with E-state index < -0.39 is 0 Å². The molecule has 2 rings (SSSR count). The molecule has 0 saturated carbocycles. The van der Waals surface area contributed by atoms with Gasteiger partial charge >= 0.3 is 0 Å². The third-order valence-corrected chi connectivity index (χ3v) is 3.14. The summed E-state index contributed by atoms with van der Waals surface area (Å²) < 4.78 is 1.87. The molecular formula is C13H18N4. The van der Waals surface area contributed by atoms with Crippen molar-refractivity contribution in [3.63, 3.8) is 0 Å². The van der Waals surface area contributed by atoms with E-state index in [0.29, 0.717) is 0 Å². The van der Waals surface area contributed by atoms with Crippen LogP contribution in [-0.4, -0.2) is 14.8 Å². The largest absolute Gasteiger partial charge is 0.398 e. The Morgan fingerprint density at radius 3 is 2.53 bits per heavy atom. The third-order valence-electron chi connectivity index (χ3n) is 3.14. The molecule has 0 aliphatic rings. The van der Waals surface area contributed by atoms with Crippen LogP contribution < -0.4 is 5.73 Å². The molecule has 90 valence electrons. The van der Waals surface area contributed by atoms with Gasteiger partial charge in [0.1, 0.15) is 0 Å². The molecule has 0 saturated heterocycles. The molecule has 0 aliphatic carbocycles. The first kappa shape index (κ1) is 11.6. The smallest absolute Gasteiger partial charge is 0.155 e. The topological polar surface area (TPSA) is 56.7 Å². The lowest BCUT2D eigenvalue weighted by molar-refractivity contribution is 0.804. The molecule has 4 nitrogen and oxygen atoms in total. The van der Waals surface area contributed by atoms with E-state index >= 15 is 0 Å². The molecule has 17 heavy (non-hydrogen) atoms. The van der Waals surface area contributed by atoms with Crippen LogP contribution in [0, 0.1) is 20.8 Å². The van der Waals surface area contributed by atoms with Crippen LogP contribution in [0.1, 0.15) is 29.4 Å². The third kappa shape index (κ3) is 1.90. The summed E-state index contributed by atoms with van der Waals surface area (Å²) in [4.78, 5) is 4.38. The van der Waals surface area contributed by atoms with E-state index in [1.54, 1.807) is 6.20 Å². The summed E-state index contributed by atoms with van der Waals surface area (Å²) in [5, 5.41) is 4.52. The maximum absolute atomic E-state index is 5.90. The number of anilines is 1. The van der Waals surface area contributed by atoms with Crippen molar-refractivity contribution in [2.75, 3.05) is 5.73 Å². The fraction of sp³-hybridized carbons (Fsp3) is 0.385. The van der Waals surface area contributed by atoms with Gasteiger partial charge in [-0.1, -0.05) is 6.92 Å². The summed E-state index contributed by atoms with van der Waals surface area (Å²) in [6, 6.07) is 1.87. The number of nitrogens with zero attached hydrogens (tertiary/aromatic N) is 3. The zero-order chi connectivity index (χ0) is 12.6. The Bertz CT molecular complexity index is 555. The van der Waals surface area contributed by atoms with Gasteiger partial charge in [0, 0.05) is 23.6 Å². The molecule has 0 aliphatic heterocycles. The number of rotatable bonds is 2. The van der Waals surface area contributed by atoms with Gasteiger partial charge in [-0.15, -0.1) is 0 Å². The lowest BCUT2D eigenvalue weighted by Crippen LogP contribution is -2.04. The van der Waals surface area contributed by atoms with E-state index in [1.165, 1.54) is 5.56 Å². The number of pyridine rings is 1. The Kier molecular flexibility index (Phi) is 2.88. The highest BCUT2D eigenvalue weighted by Crippen LogP contribution is 2.19. The minimum atomic E-state index is 0.751. The van der Waals surface area contributed by atoms with Crippen molar-refractivity contribution in [3.05, 3.63) is 34.8 Å². The van der Waals surface area contributed by atoms with Crippen LogP contribution in [0.3, 0.4) is 0 Å². The van der Waals surface area contributed by atoms with Crippen molar-refractivity contribution < 1.29 is 0 Å². The number of aromatic nitrogens is 3. The molecule has 2 aromatic rings. The molecule has 0 bridgehead atoms. The summed E-state index contributed by atoms with van der Waals surface area (Å²) >= 11 is 0. The second-order valence-electron chi connectivity index (χ2n) is 4.31. The van der Waals surface area contributed by atoms with Gasteiger partial charge in [0.25, 0.3) is 0 Å². The lowest BCUT2D eigenvalue weighted by atomic mass is 10.1. The van der Waals surface area contributed by atoms with E-state index in [0.717, 1.165) is 34.9 Å². The monoisotopic (exact) mass is 230 g/mol. The Morgan fingerprint density at radius 2 is 2.00 bits per heavy atom. The van der Waals surface area contributed by atoms with Gasteiger partial charge in [-0.05, 0) is 38.3 Å². The zero-order valence-corrected chi connectivity index (χ0v) is 10.8. The van der Waals surface area contributed by atoms with Crippen molar-refractivity contribution >= 4 is 5.69 Å². The van der Waals surface area contributed by atoms with E-state index in [1.807, 2.05) is 24.6 Å². The second-order valence-corrected chi connectivity index (χ2v) is 4.31. The van der Waals surface area contributed by atoms with Gasteiger partial charge < -0.3 is 5.73 Å². The average Bonchev–Trinajstić information content (AvgIpc) is 2.58. The van der Waals surface area contributed by atoms with Crippen LogP contribution in [0.15, 0.2) is 12.3 Å².